The molecule has 220 valence electrons. The van der Waals surface area contributed by atoms with Crippen LogP contribution in [0.25, 0.3) is 0 Å². The highest BCUT2D eigenvalue weighted by molar-refractivity contribution is 5.92. The standard InChI is InChI=1S/C33H49N3O4/c1-8-9-10-11-12-16-22-36(31(38)26(4)35-32(39)40-33(5,6)7)29(28-24(2)18-17-19-25(28)3)30(37)34-23-27-20-14-13-15-21-27/h13-15,17-21,26,29H,8-12,16,22-23H2,1-7H3,(H,34,37)(H,35,39). The number of unbranched alkanes of at least 4 members (excludes halogenated alkanes) is 5. The Hall–Kier alpha value is -3.35. The number of aryl methyl sites for hydroxylation is 2. The van der Waals surface area contributed by atoms with Gasteiger partial charge in [0.25, 0.3) is 0 Å². The summed E-state index contributed by atoms with van der Waals surface area (Å²) in [5.74, 6) is -0.563. The van der Waals surface area contributed by atoms with Gasteiger partial charge in [-0.05, 0) is 70.2 Å². The summed E-state index contributed by atoms with van der Waals surface area (Å²) >= 11 is 0. The number of nitrogens with zero attached hydrogens (tertiary/aromatic N) is 1. The predicted molar refractivity (Wildman–Crippen MR) is 161 cm³/mol. The van der Waals surface area contributed by atoms with Crippen molar-refractivity contribution in [1.29, 1.82) is 0 Å². The number of carbonyl (C=O) groups is 3. The molecule has 0 heterocycles. The summed E-state index contributed by atoms with van der Waals surface area (Å²) in [4.78, 5) is 42.1. The molecule has 7 heteroatoms. The number of hydrogen-bond acceptors (Lipinski definition) is 4. The minimum Gasteiger partial charge on any atom is -0.444 e. The Bertz CT molecular complexity index is 1070. The molecule has 0 radical (unpaired) electrons. The Balaban J connectivity index is 2.40. The normalized spacial score (nSPS) is 12.8. The van der Waals surface area contributed by atoms with Crippen LogP contribution in [0.15, 0.2) is 48.5 Å². The molecule has 0 bridgehead atoms. The molecular formula is C33H49N3O4. The van der Waals surface area contributed by atoms with Gasteiger partial charge in [-0.3, -0.25) is 9.59 Å². The van der Waals surface area contributed by atoms with Crippen LogP contribution in [0, 0.1) is 13.8 Å². The van der Waals surface area contributed by atoms with Crippen LogP contribution in [-0.2, 0) is 20.9 Å². The summed E-state index contributed by atoms with van der Waals surface area (Å²) in [6.45, 7) is 13.8. The average molecular weight is 552 g/mol. The highest BCUT2D eigenvalue weighted by atomic mass is 16.6. The van der Waals surface area contributed by atoms with Crippen LogP contribution in [0.5, 0.6) is 0 Å². The Morgan fingerprint density at radius 1 is 0.875 bits per heavy atom. The molecule has 0 aromatic heterocycles. The Kier molecular flexibility index (Phi) is 13.2. The second kappa shape index (κ2) is 16.0. The van der Waals surface area contributed by atoms with E-state index in [1.54, 1.807) is 32.6 Å². The van der Waals surface area contributed by atoms with E-state index < -0.39 is 23.8 Å². The molecule has 3 amide bonds. The van der Waals surface area contributed by atoms with E-state index in [4.69, 9.17) is 4.74 Å². The largest absolute Gasteiger partial charge is 0.444 e. The predicted octanol–water partition coefficient (Wildman–Crippen LogP) is 6.76. The summed E-state index contributed by atoms with van der Waals surface area (Å²) in [6.07, 6.45) is 5.64. The van der Waals surface area contributed by atoms with E-state index in [2.05, 4.69) is 17.6 Å². The first kappa shape index (κ1) is 32.9. The SMILES string of the molecule is CCCCCCCCN(C(=O)C(C)NC(=O)OC(C)(C)C)C(C(=O)NCc1ccccc1)c1c(C)cccc1C. The molecule has 2 aromatic rings. The monoisotopic (exact) mass is 551 g/mol. The van der Waals surface area contributed by atoms with Gasteiger partial charge in [-0.15, -0.1) is 0 Å². The molecule has 2 unspecified atom stereocenters. The molecule has 0 saturated carbocycles. The third-order valence-electron chi connectivity index (χ3n) is 6.82. The topological polar surface area (TPSA) is 87.7 Å². The van der Waals surface area contributed by atoms with Crippen molar-refractivity contribution in [2.75, 3.05) is 6.54 Å². The quantitative estimate of drug-likeness (QED) is 0.254. The molecule has 0 aliphatic heterocycles. The lowest BCUT2D eigenvalue weighted by molar-refractivity contribution is -0.142. The van der Waals surface area contributed by atoms with Gasteiger partial charge in [-0.1, -0.05) is 87.6 Å². The zero-order valence-corrected chi connectivity index (χ0v) is 25.5. The summed E-state index contributed by atoms with van der Waals surface area (Å²) < 4.78 is 5.39. The zero-order chi connectivity index (χ0) is 29.7. The van der Waals surface area contributed by atoms with Gasteiger partial charge < -0.3 is 20.3 Å². The van der Waals surface area contributed by atoms with Crippen LogP contribution < -0.4 is 10.6 Å². The lowest BCUT2D eigenvalue weighted by Gasteiger charge is -2.35. The molecule has 2 atom stereocenters. The molecule has 40 heavy (non-hydrogen) atoms. The minimum atomic E-state index is -0.872. The number of ether oxygens (including phenoxy) is 1. The maximum absolute atomic E-state index is 14.0. The van der Waals surface area contributed by atoms with E-state index in [0.29, 0.717) is 13.1 Å². The summed E-state index contributed by atoms with van der Waals surface area (Å²) in [5.41, 5.74) is 2.98. The van der Waals surface area contributed by atoms with Gasteiger partial charge in [0.1, 0.15) is 17.7 Å². The second-order valence-electron chi connectivity index (χ2n) is 11.6. The molecule has 0 aliphatic rings. The number of benzene rings is 2. The maximum atomic E-state index is 14.0. The fourth-order valence-corrected chi connectivity index (χ4v) is 4.79. The molecule has 2 aromatic carbocycles. The van der Waals surface area contributed by atoms with Crippen molar-refractivity contribution in [2.45, 2.75) is 111 Å². The van der Waals surface area contributed by atoms with Crippen molar-refractivity contribution in [3.8, 4) is 0 Å². The van der Waals surface area contributed by atoms with Crippen LogP contribution in [0.3, 0.4) is 0 Å². The van der Waals surface area contributed by atoms with Gasteiger partial charge in [-0.25, -0.2) is 4.79 Å². The van der Waals surface area contributed by atoms with Crippen molar-refractivity contribution in [2.24, 2.45) is 0 Å². The molecular weight excluding hydrogens is 502 g/mol. The fourth-order valence-electron chi connectivity index (χ4n) is 4.79. The third kappa shape index (κ3) is 10.7. The van der Waals surface area contributed by atoms with Gasteiger partial charge in [0.05, 0.1) is 0 Å². The number of amides is 3. The van der Waals surface area contributed by atoms with Crippen molar-refractivity contribution in [3.05, 3.63) is 70.8 Å². The van der Waals surface area contributed by atoms with Crippen LogP contribution >= 0.6 is 0 Å². The van der Waals surface area contributed by atoms with Crippen molar-refractivity contribution in [1.82, 2.24) is 15.5 Å². The molecule has 0 fully saturated rings. The van der Waals surface area contributed by atoms with Gasteiger partial charge in [0, 0.05) is 13.1 Å². The number of alkyl carbamates (subject to hydrolysis) is 1. The zero-order valence-electron chi connectivity index (χ0n) is 25.5. The summed E-state index contributed by atoms with van der Waals surface area (Å²) in [6, 6.07) is 13.9. The van der Waals surface area contributed by atoms with E-state index in [-0.39, 0.29) is 11.8 Å². The lowest BCUT2D eigenvalue weighted by Crippen LogP contribution is -2.52. The first-order chi connectivity index (χ1) is 18.9. The van der Waals surface area contributed by atoms with E-state index in [0.717, 1.165) is 54.4 Å². The van der Waals surface area contributed by atoms with Crippen molar-refractivity contribution < 1.29 is 19.1 Å². The Labute approximate surface area is 241 Å². The van der Waals surface area contributed by atoms with Crippen LogP contribution in [-0.4, -0.2) is 41.0 Å². The van der Waals surface area contributed by atoms with Gasteiger partial charge in [0.15, 0.2) is 0 Å². The third-order valence-corrected chi connectivity index (χ3v) is 6.82. The van der Waals surface area contributed by atoms with Crippen LogP contribution in [0.2, 0.25) is 0 Å². The van der Waals surface area contributed by atoms with Crippen molar-refractivity contribution >= 4 is 17.9 Å². The minimum absolute atomic E-state index is 0.245. The molecule has 7 nitrogen and oxygen atoms in total. The maximum Gasteiger partial charge on any atom is 0.408 e. The second-order valence-corrected chi connectivity index (χ2v) is 11.6. The number of carbonyl (C=O) groups excluding carboxylic acids is 3. The highest BCUT2D eigenvalue weighted by Crippen LogP contribution is 2.29. The number of nitrogens with one attached hydrogen (secondary N) is 2. The van der Waals surface area contributed by atoms with E-state index >= 15 is 0 Å². The number of rotatable bonds is 14. The Morgan fingerprint density at radius 2 is 1.48 bits per heavy atom. The molecule has 2 N–H and O–H groups in total. The Morgan fingerprint density at radius 3 is 2.08 bits per heavy atom. The van der Waals surface area contributed by atoms with E-state index in [9.17, 15) is 14.4 Å². The van der Waals surface area contributed by atoms with Gasteiger partial charge in [0.2, 0.25) is 11.8 Å². The number of hydrogen-bond donors (Lipinski definition) is 2. The first-order valence-corrected chi connectivity index (χ1v) is 14.6. The van der Waals surface area contributed by atoms with Crippen LogP contribution in [0.1, 0.15) is 101 Å². The van der Waals surface area contributed by atoms with E-state index in [1.807, 2.05) is 62.4 Å². The fraction of sp³-hybridized carbons (Fsp3) is 0.545. The van der Waals surface area contributed by atoms with Gasteiger partial charge >= 0.3 is 6.09 Å². The van der Waals surface area contributed by atoms with Crippen molar-refractivity contribution in [3.63, 3.8) is 0 Å². The smallest absolute Gasteiger partial charge is 0.408 e. The molecule has 0 saturated heterocycles. The molecule has 0 aliphatic carbocycles. The van der Waals surface area contributed by atoms with E-state index in [1.165, 1.54) is 6.42 Å². The van der Waals surface area contributed by atoms with Gasteiger partial charge in [-0.2, -0.15) is 0 Å². The molecule has 0 spiro atoms. The summed E-state index contributed by atoms with van der Waals surface area (Å²) in [7, 11) is 0. The first-order valence-electron chi connectivity index (χ1n) is 14.6. The summed E-state index contributed by atoms with van der Waals surface area (Å²) in [5, 5.41) is 5.75. The highest BCUT2D eigenvalue weighted by Gasteiger charge is 2.36. The van der Waals surface area contributed by atoms with Crippen LogP contribution in [0.4, 0.5) is 4.79 Å². The molecule has 2 rings (SSSR count). The lowest BCUT2D eigenvalue weighted by atomic mass is 9.93. The average Bonchev–Trinajstić information content (AvgIpc) is 2.89.